The summed E-state index contributed by atoms with van der Waals surface area (Å²) in [7, 11) is -3.74. The molecule has 1 aliphatic rings. The summed E-state index contributed by atoms with van der Waals surface area (Å²) in [6, 6.07) is 0.909. The molecule has 2 rings (SSSR count). The third-order valence-electron chi connectivity index (χ3n) is 3.60. The molecule has 1 heterocycles. The highest BCUT2D eigenvalue weighted by Crippen LogP contribution is 2.35. The lowest BCUT2D eigenvalue weighted by atomic mass is 9.87. The van der Waals surface area contributed by atoms with E-state index in [1.54, 1.807) is 0 Å². The summed E-state index contributed by atoms with van der Waals surface area (Å²) in [5, 5.41) is 10.6. The number of nitro groups is 1. The van der Waals surface area contributed by atoms with Crippen LogP contribution in [0.25, 0.3) is 0 Å². The second kappa shape index (κ2) is 5.66. The number of sulfonamides is 1. The van der Waals surface area contributed by atoms with E-state index in [2.05, 4.69) is 4.72 Å². The Kier molecular flexibility index (Phi) is 4.31. The van der Waals surface area contributed by atoms with Gasteiger partial charge in [-0.05, 0) is 18.8 Å². The predicted molar refractivity (Wildman–Crippen MR) is 77.1 cm³/mol. The van der Waals surface area contributed by atoms with Crippen LogP contribution in [0.4, 0.5) is 10.7 Å². The van der Waals surface area contributed by atoms with Gasteiger partial charge in [0.25, 0.3) is 10.0 Å². The first-order valence-corrected chi connectivity index (χ1v) is 8.67. The van der Waals surface area contributed by atoms with Crippen molar-refractivity contribution in [3.8, 4) is 0 Å². The number of nitrogens with one attached hydrogen (secondary N) is 1. The van der Waals surface area contributed by atoms with Gasteiger partial charge in [0.05, 0.1) is 4.92 Å². The van der Waals surface area contributed by atoms with Gasteiger partial charge in [0, 0.05) is 12.1 Å². The standard InChI is InChI=1S/C11H17N3O4S2/c1-7-4-2-3-5-8(7)13-20(17,18)10-6-9(14(15)16)11(12)19-10/h6-8,13H,2-5,12H2,1H3. The minimum Gasteiger partial charge on any atom is -0.385 e. The van der Waals surface area contributed by atoms with E-state index in [9.17, 15) is 18.5 Å². The number of hydrogen-bond donors (Lipinski definition) is 2. The fourth-order valence-electron chi connectivity index (χ4n) is 2.40. The second-order valence-corrected chi connectivity index (χ2v) is 8.09. The Morgan fingerprint density at radius 1 is 1.45 bits per heavy atom. The van der Waals surface area contributed by atoms with Crippen LogP contribution in [-0.2, 0) is 10.0 Å². The highest BCUT2D eigenvalue weighted by molar-refractivity contribution is 7.91. The monoisotopic (exact) mass is 319 g/mol. The lowest BCUT2D eigenvalue weighted by molar-refractivity contribution is -0.383. The van der Waals surface area contributed by atoms with Crippen molar-refractivity contribution in [1.82, 2.24) is 4.72 Å². The Hall–Kier alpha value is -1.19. The minimum absolute atomic E-state index is 0.0907. The number of anilines is 1. The maximum Gasteiger partial charge on any atom is 0.304 e. The second-order valence-electron chi connectivity index (χ2n) is 5.06. The van der Waals surface area contributed by atoms with Crippen molar-refractivity contribution in [3.05, 3.63) is 16.2 Å². The summed E-state index contributed by atoms with van der Waals surface area (Å²) in [4.78, 5) is 10.0. The Balaban J connectivity index is 2.22. The van der Waals surface area contributed by atoms with Gasteiger partial charge in [0.1, 0.15) is 4.21 Å². The molecule has 1 aromatic heterocycles. The molecule has 0 saturated heterocycles. The van der Waals surface area contributed by atoms with Gasteiger partial charge in [-0.1, -0.05) is 31.1 Å². The van der Waals surface area contributed by atoms with Crippen LogP contribution in [0.3, 0.4) is 0 Å². The molecule has 0 aromatic carbocycles. The van der Waals surface area contributed by atoms with E-state index >= 15 is 0 Å². The van der Waals surface area contributed by atoms with Crippen molar-refractivity contribution in [2.24, 2.45) is 5.92 Å². The number of rotatable bonds is 4. The van der Waals surface area contributed by atoms with E-state index in [1.165, 1.54) is 0 Å². The van der Waals surface area contributed by atoms with E-state index in [1.807, 2.05) is 6.92 Å². The number of nitrogens with two attached hydrogens (primary N) is 1. The average molecular weight is 319 g/mol. The maximum absolute atomic E-state index is 12.3. The van der Waals surface area contributed by atoms with E-state index < -0.39 is 14.9 Å². The number of hydrogen-bond acceptors (Lipinski definition) is 6. The van der Waals surface area contributed by atoms with E-state index in [4.69, 9.17) is 5.73 Å². The van der Waals surface area contributed by atoms with Gasteiger partial charge in [-0.25, -0.2) is 13.1 Å². The van der Waals surface area contributed by atoms with Crippen molar-refractivity contribution < 1.29 is 13.3 Å². The molecule has 3 N–H and O–H groups in total. The summed E-state index contributed by atoms with van der Waals surface area (Å²) in [6.07, 6.45) is 3.88. The summed E-state index contributed by atoms with van der Waals surface area (Å²) < 4.78 is 27.1. The molecule has 112 valence electrons. The first-order valence-electron chi connectivity index (χ1n) is 6.37. The highest BCUT2D eigenvalue weighted by Gasteiger charge is 2.30. The van der Waals surface area contributed by atoms with Crippen LogP contribution in [0.5, 0.6) is 0 Å². The van der Waals surface area contributed by atoms with Gasteiger partial charge in [-0.3, -0.25) is 10.1 Å². The van der Waals surface area contributed by atoms with Crippen LogP contribution in [0.15, 0.2) is 10.3 Å². The SMILES string of the molecule is CC1CCCCC1NS(=O)(=O)c1cc([N+](=O)[O-])c(N)s1. The highest BCUT2D eigenvalue weighted by atomic mass is 32.2. The van der Waals surface area contributed by atoms with Crippen LogP contribution in [-0.4, -0.2) is 19.4 Å². The topological polar surface area (TPSA) is 115 Å². The molecule has 9 heteroatoms. The zero-order valence-corrected chi connectivity index (χ0v) is 12.7. The largest absolute Gasteiger partial charge is 0.385 e. The number of thiophene rings is 1. The molecular weight excluding hydrogens is 302 g/mol. The van der Waals surface area contributed by atoms with Crippen LogP contribution < -0.4 is 10.5 Å². The van der Waals surface area contributed by atoms with Crippen LogP contribution in [0, 0.1) is 16.0 Å². The molecule has 20 heavy (non-hydrogen) atoms. The van der Waals surface area contributed by atoms with Gasteiger partial charge in [-0.15, -0.1) is 0 Å². The molecule has 1 aliphatic carbocycles. The Bertz CT molecular complexity index is 611. The van der Waals surface area contributed by atoms with Crippen molar-refractivity contribution in [2.45, 2.75) is 42.9 Å². The molecule has 0 aliphatic heterocycles. The molecule has 0 amide bonds. The van der Waals surface area contributed by atoms with Gasteiger partial charge >= 0.3 is 5.69 Å². The van der Waals surface area contributed by atoms with Gasteiger partial charge in [0.2, 0.25) is 0 Å². The average Bonchev–Trinajstić information content (AvgIpc) is 2.75. The normalized spacial score (nSPS) is 23.6. The van der Waals surface area contributed by atoms with E-state index in [0.29, 0.717) is 0 Å². The molecule has 0 bridgehead atoms. The lowest BCUT2D eigenvalue weighted by Crippen LogP contribution is -2.40. The summed E-state index contributed by atoms with van der Waals surface area (Å²) in [6.45, 7) is 2.01. The number of nitrogen functional groups attached to an aromatic ring is 1. The summed E-state index contributed by atoms with van der Waals surface area (Å²) >= 11 is 0.725. The smallest absolute Gasteiger partial charge is 0.304 e. The first-order chi connectivity index (χ1) is 9.31. The molecule has 0 radical (unpaired) electrons. The molecule has 7 nitrogen and oxygen atoms in total. The fraction of sp³-hybridized carbons (Fsp3) is 0.636. The number of nitrogens with zero attached hydrogens (tertiary/aromatic N) is 1. The van der Waals surface area contributed by atoms with Gasteiger partial charge < -0.3 is 5.73 Å². The first kappa shape index (κ1) is 15.2. The van der Waals surface area contributed by atoms with Crippen molar-refractivity contribution >= 4 is 32.0 Å². The molecule has 1 saturated carbocycles. The zero-order chi connectivity index (χ0) is 14.9. The third kappa shape index (κ3) is 3.10. The molecule has 0 spiro atoms. The fourth-order valence-corrected chi connectivity index (χ4v) is 5.01. The molecule has 1 fully saturated rings. The van der Waals surface area contributed by atoms with E-state index in [0.717, 1.165) is 43.1 Å². The quantitative estimate of drug-likeness (QED) is 0.651. The van der Waals surface area contributed by atoms with Crippen molar-refractivity contribution in [3.63, 3.8) is 0 Å². The molecule has 2 atom stereocenters. The zero-order valence-electron chi connectivity index (χ0n) is 11.0. The minimum atomic E-state index is -3.74. The van der Waals surface area contributed by atoms with Crippen LogP contribution in [0.1, 0.15) is 32.6 Å². The van der Waals surface area contributed by atoms with E-state index in [-0.39, 0.29) is 26.9 Å². The summed E-state index contributed by atoms with van der Waals surface area (Å²) in [5.74, 6) is 0.269. The summed E-state index contributed by atoms with van der Waals surface area (Å²) in [5.41, 5.74) is 5.13. The van der Waals surface area contributed by atoms with Gasteiger partial charge in [0.15, 0.2) is 5.00 Å². The predicted octanol–water partition coefficient (Wildman–Crippen LogP) is 2.10. The Morgan fingerprint density at radius 2 is 2.10 bits per heavy atom. The molecule has 2 unspecified atom stereocenters. The van der Waals surface area contributed by atoms with Crippen LogP contribution >= 0.6 is 11.3 Å². The molecular formula is C11H17N3O4S2. The van der Waals surface area contributed by atoms with Gasteiger partial charge in [-0.2, -0.15) is 0 Å². The maximum atomic E-state index is 12.3. The van der Waals surface area contributed by atoms with Crippen molar-refractivity contribution in [1.29, 1.82) is 0 Å². The Morgan fingerprint density at radius 3 is 2.65 bits per heavy atom. The third-order valence-corrected chi connectivity index (χ3v) is 6.51. The molecule has 1 aromatic rings. The van der Waals surface area contributed by atoms with Crippen LogP contribution in [0.2, 0.25) is 0 Å². The lowest BCUT2D eigenvalue weighted by Gasteiger charge is -2.28. The Labute approximate surface area is 121 Å². The van der Waals surface area contributed by atoms with Crippen molar-refractivity contribution in [2.75, 3.05) is 5.73 Å².